The van der Waals surface area contributed by atoms with Gasteiger partial charge < -0.3 is 5.11 Å². The molecule has 100 valence electrons. The third-order valence-corrected chi connectivity index (χ3v) is 2.85. The van der Waals surface area contributed by atoms with E-state index in [1.165, 1.54) is 16.4 Å². The van der Waals surface area contributed by atoms with Crippen LogP contribution < -0.4 is 0 Å². The molecule has 0 amide bonds. The standard InChI is InChI=1S/C14H17N3O2/c1-16(8-11-6-4-3-5-7-11)10-13-12(14(18)19)9-17(2)15-13/h3-7,9H,8,10H2,1-2H3,(H,18,19). The van der Waals surface area contributed by atoms with Crippen LogP contribution in [0.3, 0.4) is 0 Å². The third kappa shape index (κ3) is 3.42. The van der Waals surface area contributed by atoms with Crippen LogP contribution in [-0.2, 0) is 20.1 Å². The number of hydrogen-bond donors (Lipinski definition) is 1. The summed E-state index contributed by atoms with van der Waals surface area (Å²) in [5.41, 5.74) is 2.05. The first-order valence-electron chi connectivity index (χ1n) is 6.04. The Kier molecular flexibility index (Phi) is 3.97. The van der Waals surface area contributed by atoms with E-state index in [1.807, 2.05) is 42.3 Å². The number of aryl methyl sites for hydroxylation is 1. The molecule has 0 unspecified atom stereocenters. The summed E-state index contributed by atoms with van der Waals surface area (Å²) < 4.78 is 1.54. The van der Waals surface area contributed by atoms with E-state index in [9.17, 15) is 4.79 Å². The Morgan fingerprint density at radius 1 is 1.32 bits per heavy atom. The Hall–Kier alpha value is -2.14. The third-order valence-electron chi connectivity index (χ3n) is 2.85. The summed E-state index contributed by atoms with van der Waals surface area (Å²) in [6, 6.07) is 10.1. The van der Waals surface area contributed by atoms with E-state index >= 15 is 0 Å². The molecule has 1 heterocycles. The summed E-state index contributed by atoms with van der Waals surface area (Å²) in [6.07, 6.45) is 1.54. The van der Waals surface area contributed by atoms with Crippen molar-refractivity contribution in [3.05, 3.63) is 53.3 Å². The lowest BCUT2D eigenvalue weighted by atomic mass is 10.2. The number of aromatic carboxylic acids is 1. The van der Waals surface area contributed by atoms with Crippen LogP contribution in [0.5, 0.6) is 0 Å². The molecule has 0 radical (unpaired) electrons. The van der Waals surface area contributed by atoms with Gasteiger partial charge in [0, 0.05) is 26.3 Å². The number of carboxylic acid groups (broad SMARTS) is 1. The lowest BCUT2D eigenvalue weighted by Gasteiger charge is -2.15. The molecule has 0 saturated carbocycles. The van der Waals surface area contributed by atoms with Crippen LogP contribution >= 0.6 is 0 Å². The minimum atomic E-state index is -0.934. The molecule has 19 heavy (non-hydrogen) atoms. The molecule has 0 fully saturated rings. The Balaban J connectivity index is 2.07. The predicted octanol–water partition coefficient (Wildman–Crippen LogP) is 1.75. The van der Waals surface area contributed by atoms with Gasteiger partial charge in [-0.25, -0.2) is 4.79 Å². The Labute approximate surface area is 112 Å². The van der Waals surface area contributed by atoms with Crippen molar-refractivity contribution >= 4 is 5.97 Å². The molecule has 5 nitrogen and oxygen atoms in total. The van der Waals surface area contributed by atoms with Gasteiger partial charge in [-0.2, -0.15) is 5.10 Å². The molecule has 2 aromatic rings. The lowest BCUT2D eigenvalue weighted by molar-refractivity contribution is 0.0694. The fourth-order valence-corrected chi connectivity index (χ4v) is 2.04. The quantitative estimate of drug-likeness (QED) is 0.888. The number of benzene rings is 1. The van der Waals surface area contributed by atoms with E-state index in [2.05, 4.69) is 5.10 Å². The fraction of sp³-hybridized carbons (Fsp3) is 0.286. The summed E-state index contributed by atoms with van der Waals surface area (Å²) in [5, 5.41) is 13.3. The molecule has 0 aliphatic carbocycles. The normalized spacial score (nSPS) is 10.9. The Morgan fingerprint density at radius 2 is 2.00 bits per heavy atom. The molecule has 0 saturated heterocycles. The van der Waals surface area contributed by atoms with Gasteiger partial charge in [0.25, 0.3) is 0 Å². The average molecular weight is 259 g/mol. The van der Waals surface area contributed by atoms with E-state index in [0.29, 0.717) is 12.2 Å². The molecule has 0 bridgehead atoms. The molecule has 1 aromatic carbocycles. The zero-order chi connectivity index (χ0) is 13.8. The van der Waals surface area contributed by atoms with Gasteiger partial charge in [-0.1, -0.05) is 30.3 Å². The van der Waals surface area contributed by atoms with Crippen LogP contribution in [0.15, 0.2) is 36.5 Å². The zero-order valence-corrected chi connectivity index (χ0v) is 11.1. The van der Waals surface area contributed by atoms with Gasteiger partial charge in [-0.3, -0.25) is 9.58 Å². The van der Waals surface area contributed by atoms with Crippen molar-refractivity contribution in [2.45, 2.75) is 13.1 Å². The van der Waals surface area contributed by atoms with Crippen molar-refractivity contribution in [1.29, 1.82) is 0 Å². The number of carbonyl (C=O) groups is 1. The van der Waals surface area contributed by atoms with Crippen LogP contribution in [0.4, 0.5) is 0 Å². The molecular formula is C14H17N3O2. The molecule has 0 spiro atoms. The second-order valence-corrected chi connectivity index (χ2v) is 4.63. The maximum atomic E-state index is 11.1. The first-order valence-corrected chi connectivity index (χ1v) is 6.04. The van der Waals surface area contributed by atoms with Crippen LogP contribution in [-0.4, -0.2) is 32.8 Å². The number of carboxylic acids is 1. The topological polar surface area (TPSA) is 58.4 Å². The number of hydrogen-bond acceptors (Lipinski definition) is 3. The van der Waals surface area contributed by atoms with Crippen LogP contribution in [0.1, 0.15) is 21.6 Å². The molecule has 0 atom stereocenters. The van der Waals surface area contributed by atoms with Crippen molar-refractivity contribution in [1.82, 2.24) is 14.7 Å². The summed E-state index contributed by atoms with van der Waals surface area (Å²) in [4.78, 5) is 13.1. The summed E-state index contributed by atoms with van der Waals surface area (Å²) in [6.45, 7) is 1.27. The van der Waals surface area contributed by atoms with Crippen LogP contribution in [0.25, 0.3) is 0 Å². The van der Waals surface area contributed by atoms with E-state index in [1.54, 1.807) is 7.05 Å². The smallest absolute Gasteiger partial charge is 0.339 e. The van der Waals surface area contributed by atoms with Gasteiger partial charge in [-0.05, 0) is 12.6 Å². The highest BCUT2D eigenvalue weighted by atomic mass is 16.4. The second-order valence-electron chi connectivity index (χ2n) is 4.63. The van der Waals surface area contributed by atoms with E-state index in [0.717, 1.165) is 6.54 Å². The number of rotatable bonds is 5. The molecular weight excluding hydrogens is 242 g/mol. The first kappa shape index (κ1) is 13.3. The van der Waals surface area contributed by atoms with Gasteiger partial charge in [0.1, 0.15) is 5.56 Å². The molecule has 5 heteroatoms. The summed E-state index contributed by atoms with van der Waals surface area (Å²) >= 11 is 0. The molecule has 0 aliphatic heterocycles. The Morgan fingerprint density at radius 3 is 2.63 bits per heavy atom. The van der Waals surface area contributed by atoms with Crippen molar-refractivity contribution in [2.75, 3.05) is 7.05 Å². The van der Waals surface area contributed by atoms with Gasteiger partial charge in [-0.15, -0.1) is 0 Å². The van der Waals surface area contributed by atoms with Crippen LogP contribution in [0, 0.1) is 0 Å². The highest BCUT2D eigenvalue weighted by molar-refractivity contribution is 5.88. The SMILES string of the molecule is CN(Cc1ccccc1)Cc1nn(C)cc1C(=O)O. The Bertz CT molecular complexity index is 563. The van der Waals surface area contributed by atoms with Crippen molar-refractivity contribution in [3.63, 3.8) is 0 Å². The second kappa shape index (κ2) is 5.67. The maximum absolute atomic E-state index is 11.1. The summed E-state index contributed by atoms with van der Waals surface area (Å²) in [5.74, 6) is -0.934. The first-order chi connectivity index (χ1) is 9.06. The number of nitrogens with zero attached hydrogens (tertiary/aromatic N) is 3. The van der Waals surface area contributed by atoms with Gasteiger partial charge in [0.15, 0.2) is 0 Å². The van der Waals surface area contributed by atoms with Crippen LogP contribution in [0.2, 0.25) is 0 Å². The molecule has 0 aliphatic rings. The number of aromatic nitrogens is 2. The highest BCUT2D eigenvalue weighted by Crippen LogP contribution is 2.11. The largest absolute Gasteiger partial charge is 0.478 e. The molecule has 1 aromatic heterocycles. The molecule has 2 rings (SSSR count). The van der Waals surface area contributed by atoms with E-state index in [-0.39, 0.29) is 5.56 Å². The minimum Gasteiger partial charge on any atom is -0.478 e. The van der Waals surface area contributed by atoms with Crippen molar-refractivity contribution < 1.29 is 9.90 Å². The minimum absolute atomic E-state index is 0.266. The zero-order valence-electron chi connectivity index (χ0n) is 11.1. The van der Waals surface area contributed by atoms with Gasteiger partial charge in [0.2, 0.25) is 0 Å². The van der Waals surface area contributed by atoms with E-state index in [4.69, 9.17) is 5.11 Å². The van der Waals surface area contributed by atoms with Crippen molar-refractivity contribution in [3.8, 4) is 0 Å². The fourth-order valence-electron chi connectivity index (χ4n) is 2.04. The van der Waals surface area contributed by atoms with Gasteiger partial charge in [0.05, 0.1) is 5.69 Å². The monoisotopic (exact) mass is 259 g/mol. The lowest BCUT2D eigenvalue weighted by Crippen LogP contribution is -2.19. The average Bonchev–Trinajstić information content (AvgIpc) is 2.71. The highest BCUT2D eigenvalue weighted by Gasteiger charge is 2.15. The van der Waals surface area contributed by atoms with Crippen molar-refractivity contribution in [2.24, 2.45) is 7.05 Å². The van der Waals surface area contributed by atoms with E-state index < -0.39 is 5.97 Å². The molecule has 1 N–H and O–H groups in total. The summed E-state index contributed by atoms with van der Waals surface area (Å²) in [7, 11) is 3.68. The predicted molar refractivity (Wildman–Crippen MR) is 71.8 cm³/mol. The maximum Gasteiger partial charge on any atom is 0.339 e. The van der Waals surface area contributed by atoms with Gasteiger partial charge >= 0.3 is 5.97 Å².